The first-order valence-corrected chi connectivity index (χ1v) is 9.64. The summed E-state index contributed by atoms with van der Waals surface area (Å²) >= 11 is 0. The number of pyridine rings is 1. The predicted molar refractivity (Wildman–Crippen MR) is 107 cm³/mol. The smallest absolute Gasteiger partial charge is 0.260 e. The Hall–Kier alpha value is -2.86. The second kappa shape index (κ2) is 7.64. The van der Waals surface area contributed by atoms with Crippen molar-refractivity contribution in [2.45, 2.75) is 44.8 Å². The van der Waals surface area contributed by atoms with Gasteiger partial charge in [0.05, 0.1) is 17.7 Å². The summed E-state index contributed by atoms with van der Waals surface area (Å²) in [5.74, 6) is 1.31. The highest BCUT2D eigenvalue weighted by atomic mass is 16.5. The highest BCUT2D eigenvalue weighted by molar-refractivity contribution is 5.98. The van der Waals surface area contributed by atoms with E-state index in [1.165, 1.54) is 0 Å². The third-order valence-corrected chi connectivity index (χ3v) is 5.60. The zero-order valence-corrected chi connectivity index (χ0v) is 16.0. The molecule has 1 amide bonds. The summed E-state index contributed by atoms with van der Waals surface area (Å²) in [5, 5.41) is 13.2. The van der Waals surface area contributed by atoms with E-state index in [0.29, 0.717) is 17.7 Å². The molecule has 0 saturated heterocycles. The van der Waals surface area contributed by atoms with Crippen LogP contribution in [0.25, 0.3) is 0 Å². The van der Waals surface area contributed by atoms with E-state index < -0.39 is 6.10 Å². The van der Waals surface area contributed by atoms with Crippen LogP contribution in [0.5, 0.6) is 5.75 Å². The van der Waals surface area contributed by atoms with Crippen LogP contribution in [0.3, 0.4) is 0 Å². The van der Waals surface area contributed by atoms with Gasteiger partial charge in [-0.3, -0.25) is 9.69 Å². The molecule has 0 spiro atoms. The van der Waals surface area contributed by atoms with Gasteiger partial charge in [-0.1, -0.05) is 12.6 Å². The fourth-order valence-electron chi connectivity index (χ4n) is 4.03. The Kier molecular flexibility index (Phi) is 5.05. The van der Waals surface area contributed by atoms with Gasteiger partial charge in [0.2, 0.25) is 0 Å². The van der Waals surface area contributed by atoms with Crippen LogP contribution in [0.15, 0.2) is 43.2 Å². The summed E-state index contributed by atoms with van der Waals surface area (Å²) in [6.07, 6.45) is 6.13. The topological polar surface area (TPSA) is 74.7 Å². The number of nitrogens with one attached hydrogen (secondary N) is 1. The number of anilines is 1. The molecule has 2 atom stereocenters. The Balaban J connectivity index is 1.58. The highest BCUT2D eigenvalue weighted by Gasteiger charge is 2.37. The van der Waals surface area contributed by atoms with Gasteiger partial charge in [0.1, 0.15) is 11.6 Å². The molecule has 6 heteroatoms. The number of aliphatic hydroxyl groups excluding tert-OH is 1. The lowest BCUT2D eigenvalue weighted by Gasteiger charge is -2.35. The molecule has 0 bridgehead atoms. The molecule has 6 nitrogen and oxygen atoms in total. The monoisotopic (exact) mass is 379 g/mol. The van der Waals surface area contributed by atoms with Crippen LogP contribution >= 0.6 is 0 Å². The highest BCUT2D eigenvalue weighted by Crippen LogP contribution is 2.33. The van der Waals surface area contributed by atoms with Crippen molar-refractivity contribution in [1.29, 1.82) is 0 Å². The normalized spacial score (nSPS) is 21.2. The summed E-state index contributed by atoms with van der Waals surface area (Å²) in [4.78, 5) is 19.1. The van der Waals surface area contributed by atoms with Gasteiger partial charge in [-0.15, -0.1) is 0 Å². The third-order valence-electron chi connectivity index (χ3n) is 5.60. The van der Waals surface area contributed by atoms with Gasteiger partial charge in [-0.25, -0.2) is 4.98 Å². The number of fused-ring (bicyclic) bond motifs is 1. The van der Waals surface area contributed by atoms with E-state index >= 15 is 0 Å². The number of nitrogens with zero attached hydrogens (tertiary/aromatic N) is 2. The van der Waals surface area contributed by atoms with Crippen LogP contribution in [0, 0.1) is 6.92 Å². The van der Waals surface area contributed by atoms with E-state index in [2.05, 4.69) is 16.9 Å². The van der Waals surface area contributed by atoms with E-state index in [-0.39, 0.29) is 18.7 Å². The van der Waals surface area contributed by atoms with Gasteiger partial charge in [-0.2, -0.15) is 0 Å². The second-order valence-corrected chi connectivity index (χ2v) is 7.47. The van der Waals surface area contributed by atoms with Crippen molar-refractivity contribution in [3.8, 4) is 5.75 Å². The minimum atomic E-state index is -0.465. The number of hydrogen-bond acceptors (Lipinski definition) is 5. The van der Waals surface area contributed by atoms with E-state index in [9.17, 15) is 9.90 Å². The van der Waals surface area contributed by atoms with Gasteiger partial charge in [0.15, 0.2) is 6.73 Å². The molecule has 1 aliphatic carbocycles. The number of ether oxygens (including phenoxy) is 1. The molecule has 1 aromatic heterocycles. The van der Waals surface area contributed by atoms with Crippen LogP contribution in [-0.4, -0.2) is 39.8 Å². The lowest BCUT2D eigenvalue weighted by molar-refractivity contribution is 0.0127. The fourth-order valence-corrected chi connectivity index (χ4v) is 4.03. The van der Waals surface area contributed by atoms with Crippen molar-refractivity contribution in [1.82, 2.24) is 9.88 Å². The standard InChI is InChI=1S/C22H25N3O3/c1-3-23-21-8-7-15(12-24-21)10-16-11-17-20(9-14(16)2)28-13-25(22(17)27)18-5-4-6-19(18)26/h3,7-9,11-12,18-19,26H,1,4-6,10,13H2,2H3,(H,23,24)/t18-,19-/m0/s1. The fraction of sp³-hybridized carbons (Fsp3) is 0.364. The van der Waals surface area contributed by atoms with E-state index in [4.69, 9.17) is 4.74 Å². The number of benzene rings is 1. The van der Waals surface area contributed by atoms with E-state index in [0.717, 1.165) is 41.8 Å². The number of carbonyl (C=O) groups excluding carboxylic acids is 1. The van der Waals surface area contributed by atoms with Crippen molar-refractivity contribution in [3.63, 3.8) is 0 Å². The maximum atomic E-state index is 13.1. The molecular formula is C22H25N3O3. The van der Waals surface area contributed by atoms with Crippen LogP contribution in [0.1, 0.15) is 46.3 Å². The van der Waals surface area contributed by atoms with Gasteiger partial charge < -0.3 is 15.2 Å². The summed E-state index contributed by atoms with van der Waals surface area (Å²) in [6, 6.07) is 7.63. The minimum Gasteiger partial charge on any atom is -0.472 e. The molecular weight excluding hydrogens is 354 g/mol. The van der Waals surface area contributed by atoms with E-state index in [1.807, 2.05) is 37.4 Å². The zero-order valence-electron chi connectivity index (χ0n) is 16.0. The molecule has 1 fully saturated rings. The van der Waals surface area contributed by atoms with Gasteiger partial charge >= 0.3 is 0 Å². The third kappa shape index (κ3) is 3.47. The predicted octanol–water partition coefficient (Wildman–Crippen LogP) is 3.24. The first-order chi connectivity index (χ1) is 13.6. The van der Waals surface area contributed by atoms with Gasteiger partial charge in [0, 0.05) is 6.20 Å². The molecule has 0 unspecified atom stereocenters. The number of aliphatic hydroxyl groups is 1. The summed E-state index contributed by atoms with van der Waals surface area (Å²) in [6.45, 7) is 5.86. The molecule has 2 aliphatic rings. The lowest BCUT2D eigenvalue weighted by Crippen LogP contribution is -2.48. The van der Waals surface area contributed by atoms with Crippen LogP contribution in [0.2, 0.25) is 0 Å². The quantitative estimate of drug-likeness (QED) is 0.834. The molecule has 2 aromatic rings. The van der Waals surface area contributed by atoms with Crippen LogP contribution in [-0.2, 0) is 6.42 Å². The van der Waals surface area contributed by atoms with Crippen molar-refractivity contribution in [2.75, 3.05) is 12.0 Å². The van der Waals surface area contributed by atoms with Gasteiger partial charge in [-0.05, 0) is 73.7 Å². The van der Waals surface area contributed by atoms with Crippen molar-refractivity contribution in [2.24, 2.45) is 0 Å². The molecule has 28 heavy (non-hydrogen) atoms. The summed E-state index contributed by atoms with van der Waals surface area (Å²) in [7, 11) is 0. The second-order valence-electron chi connectivity index (χ2n) is 7.47. The molecule has 0 radical (unpaired) electrons. The molecule has 1 saturated carbocycles. The zero-order chi connectivity index (χ0) is 19.7. The van der Waals surface area contributed by atoms with Crippen molar-refractivity contribution in [3.05, 3.63) is 65.5 Å². The van der Waals surface area contributed by atoms with Crippen LogP contribution < -0.4 is 10.1 Å². The summed E-state index contributed by atoms with van der Waals surface area (Å²) in [5.41, 5.74) is 3.78. The molecule has 4 rings (SSSR count). The van der Waals surface area contributed by atoms with Crippen molar-refractivity contribution >= 4 is 11.7 Å². The first-order valence-electron chi connectivity index (χ1n) is 9.64. The largest absolute Gasteiger partial charge is 0.472 e. The summed E-state index contributed by atoms with van der Waals surface area (Å²) < 4.78 is 5.86. The van der Waals surface area contributed by atoms with Crippen LogP contribution in [0.4, 0.5) is 5.82 Å². The number of carbonyl (C=O) groups is 1. The Morgan fingerprint density at radius 3 is 2.93 bits per heavy atom. The molecule has 1 aromatic carbocycles. The number of aryl methyl sites for hydroxylation is 1. The average molecular weight is 379 g/mol. The maximum Gasteiger partial charge on any atom is 0.260 e. The van der Waals surface area contributed by atoms with Crippen molar-refractivity contribution < 1.29 is 14.6 Å². The Bertz CT molecular complexity index is 895. The number of hydrogen-bond donors (Lipinski definition) is 2. The number of aromatic nitrogens is 1. The SMILES string of the molecule is C=CNc1ccc(Cc2cc3c(cc2C)OCN([C@H]2CCC[C@@H]2O)C3=O)cn1. The first kappa shape index (κ1) is 18.5. The molecule has 146 valence electrons. The Morgan fingerprint density at radius 1 is 1.39 bits per heavy atom. The minimum absolute atomic E-state index is 0.0582. The van der Waals surface area contributed by atoms with E-state index in [1.54, 1.807) is 11.1 Å². The maximum absolute atomic E-state index is 13.1. The Labute approximate surface area is 164 Å². The molecule has 2 N–H and O–H groups in total. The number of amides is 1. The Morgan fingerprint density at radius 2 is 2.25 bits per heavy atom. The molecule has 2 heterocycles. The molecule has 1 aliphatic heterocycles. The number of rotatable bonds is 5. The average Bonchev–Trinajstić information content (AvgIpc) is 3.11. The lowest BCUT2D eigenvalue weighted by atomic mass is 9.97. The van der Waals surface area contributed by atoms with Gasteiger partial charge in [0.25, 0.3) is 5.91 Å².